The van der Waals surface area contributed by atoms with Gasteiger partial charge in [-0.1, -0.05) is 35.4 Å². The van der Waals surface area contributed by atoms with Gasteiger partial charge in [0.15, 0.2) is 8.32 Å². The lowest BCUT2D eigenvalue weighted by Crippen LogP contribution is -2.27. The third-order valence-corrected chi connectivity index (χ3v) is 6.74. The summed E-state index contributed by atoms with van der Waals surface area (Å²) < 4.78 is 56.3. The van der Waals surface area contributed by atoms with Gasteiger partial charge >= 0.3 is 0 Å². The van der Waals surface area contributed by atoms with Crippen molar-refractivity contribution in [1.29, 1.82) is 0 Å². The molecule has 0 fully saturated rings. The molecule has 12 heteroatoms. The highest BCUT2D eigenvalue weighted by molar-refractivity contribution is 14.1. The Morgan fingerprint density at radius 1 is 0.333 bits per heavy atom. The fraction of sp³-hybridized carbons (Fsp3) is 1.00. The van der Waals surface area contributed by atoms with Crippen LogP contribution in [0.1, 0.15) is 25.7 Å². The number of rotatable bonds is 34. The molecule has 0 aromatic carbocycles. The van der Waals surface area contributed by atoms with Crippen LogP contribution < -0.4 is 0 Å². The van der Waals surface area contributed by atoms with E-state index in [4.69, 9.17) is 47.1 Å². The lowest BCUT2D eigenvalue weighted by atomic mass is 10.2. The molecule has 0 saturated carbocycles. The standard InChI is InChI=1S/C27H57IO10Si/c1-39(2,3)38-27-26-37-25-24-36-23-22-35-21-20-34-19-18-33-17-16-32-15-14-31-13-12-30-11-10-29-9-7-5-4-6-8-28/h4-27H2,1-3H3. The van der Waals surface area contributed by atoms with Gasteiger partial charge in [0.05, 0.1) is 119 Å². The Morgan fingerprint density at radius 2 is 0.590 bits per heavy atom. The van der Waals surface area contributed by atoms with E-state index in [9.17, 15) is 0 Å². The zero-order valence-electron chi connectivity index (χ0n) is 24.9. The summed E-state index contributed by atoms with van der Waals surface area (Å²) in [5.74, 6) is 0. The molecule has 10 nitrogen and oxygen atoms in total. The number of alkyl halides is 1. The molecule has 0 bridgehead atoms. The highest BCUT2D eigenvalue weighted by atomic mass is 127. The van der Waals surface area contributed by atoms with E-state index in [1.807, 2.05) is 0 Å². The van der Waals surface area contributed by atoms with Crippen LogP contribution >= 0.6 is 22.6 Å². The average Bonchev–Trinajstić information content (AvgIpc) is 2.90. The highest BCUT2D eigenvalue weighted by Crippen LogP contribution is 2.02. The number of halogens is 1. The van der Waals surface area contributed by atoms with Crippen molar-refractivity contribution in [3.8, 4) is 0 Å². The molecule has 0 aliphatic rings. The number of hydrogen-bond acceptors (Lipinski definition) is 10. The summed E-state index contributed by atoms with van der Waals surface area (Å²) in [6, 6.07) is 0. The molecule has 0 radical (unpaired) electrons. The zero-order valence-corrected chi connectivity index (χ0v) is 28.1. The van der Waals surface area contributed by atoms with Gasteiger partial charge in [0.25, 0.3) is 0 Å². The smallest absolute Gasteiger partial charge is 0.183 e. The zero-order chi connectivity index (χ0) is 28.5. The average molecular weight is 697 g/mol. The Balaban J connectivity index is 3.04. The Kier molecular flexibility index (Phi) is 33.5. The molecule has 0 amide bonds. The first kappa shape index (κ1) is 39.5. The molecule has 0 unspecified atom stereocenters. The van der Waals surface area contributed by atoms with Crippen molar-refractivity contribution < 1.29 is 47.1 Å². The van der Waals surface area contributed by atoms with Crippen LogP contribution in [-0.4, -0.2) is 138 Å². The van der Waals surface area contributed by atoms with Crippen LogP contribution in [0.5, 0.6) is 0 Å². The van der Waals surface area contributed by atoms with Crippen molar-refractivity contribution in [1.82, 2.24) is 0 Å². The second kappa shape index (κ2) is 33.1. The van der Waals surface area contributed by atoms with E-state index in [1.54, 1.807) is 0 Å². The summed E-state index contributed by atoms with van der Waals surface area (Å²) in [5, 5.41) is 0. The summed E-state index contributed by atoms with van der Waals surface area (Å²) in [6.07, 6.45) is 5.00. The van der Waals surface area contributed by atoms with Crippen LogP contribution in [0.2, 0.25) is 19.6 Å². The monoisotopic (exact) mass is 696 g/mol. The minimum Gasteiger partial charge on any atom is -0.415 e. The minimum atomic E-state index is -1.44. The molecule has 0 heterocycles. The Labute approximate surface area is 252 Å². The van der Waals surface area contributed by atoms with Crippen molar-refractivity contribution in [2.24, 2.45) is 0 Å². The maximum Gasteiger partial charge on any atom is 0.183 e. The minimum absolute atomic E-state index is 0.533. The summed E-state index contributed by atoms with van der Waals surface area (Å²) in [4.78, 5) is 0. The molecule has 0 aromatic rings. The molecule has 0 atom stereocenters. The second-order valence-electron chi connectivity index (χ2n) is 9.58. The van der Waals surface area contributed by atoms with Crippen LogP contribution in [0.3, 0.4) is 0 Å². The van der Waals surface area contributed by atoms with Crippen LogP contribution in [0.15, 0.2) is 0 Å². The molecule has 0 aliphatic heterocycles. The normalized spacial score (nSPS) is 12.0. The molecule has 0 aliphatic carbocycles. The van der Waals surface area contributed by atoms with Gasteiger partial charge in [-0.3, -0.25) is 0 Å². The molecule has 39 heavy (non-hydrogen) atoms. The Morgan fingerprint density at radius 3 is 0.872 bits per heavy atom. The van der Waals surface area contributed by atoms with Crippen molar-refractivity contribution in [2.75, 3.05) is 130 Å². The van der Waals surface area contributed by atoms with Gasteiger partial charge in [-0.2, -0.15) is 0 Å². The van der Waals surface area contributed by atoms with Gasteiger partial charge < -0.3 is 47.1 Å². The van der Waals surface area contributed by atoms with Crippen LogP contribution in [0.4, 0.5) is 0 Å². The fourth-order valence-corrected chi connectivity index (χ4v) is 4.16. The molecule has 236 valence electrons. The third-order valence-electron chi connectivity index (χ3n) is 4.91. The number of hydrogen-bond donors (Lipinski definition) is 0. The van der Waals surface area contributed by atoms with E-state index in [0.29, 0.717) is 119 Å². The summed E-state index contributed by atoms with van der Waals surface area (Å²) in [6.45, 7) is 17.5. The molecule has 0 rings (SSSR count). The fourth-order valence-electron chi connectivity index (χ4n) is 2.92. The first-order valence-corrected chi connectivity index (χ1v) is 19.4. The van der Waals surface area contributed by atoms with E-state index >= 15 is 0 Å². The Hall–Kier alpha value is 0.547. The van der Waals surface area contributed by atoms with Gasteiger partial charge in [0.2, 0.25) is 0 Å². The predicted molar refractivity (Wildman–Crippen MR) is 164 cm³/mol. The number of ether oxygens (including phenoxy) is 9. The van der Waals surface area contributed by atoms with Crippen LogP contribution in [0, 0.1) is 0 Å². The van der Waals surface area contributed by atoms with E-state index in [0.717, 1.165) is 13.0 Å². The van der Waals surface area contributed by atoms with Gasteiger partial charge in [0.1, 0.15) is 0 Å². The van der Waals surface area contributed by atoms with Crippen molar-refractivity contribution >= 4 is 30.9 Å². The lowest BCUT2D eigenvalue weighted by molar-refractivity contribution is -0.0254. The molecule has 0 spiro atoms. The molecule has 0 aromatic heterocycles. The first-order chi connectivity index (χ1) is 19.1. The lowest BCUT2D eigenvalue weighted by Gasteiger charge is -2.16. The van der Waals surface area contributed by atoms with Gasteiger partial charge in [-0.05, 0) is 36.9 Å². The van der Waals surface area contributed by atoms with Crippen LogP contribution in [-0.2, 0) is 47.1 Å². The van der Waals surface area contributed by atoms with Crippen LogP contribution in [0.25, 0.3) is 0 Å². The molecular formula is C27H57IO10Si. The second-order valence-corrected chi connectivity index (χ2v) is 15.2. The SMILES string of the molecule is C[Si](C)(C)OCCOCCOCCOCCOCCOCCOCCOCCOCCOCCCCCCI. The van der Waals surface area contributed by atoms with Gasteiger partial charge in [-0.15, -0.1) is 0 Å². The summed E-state index contributed by atoms with van der Waals surface area (Å²) >= 11 is 2.42. The topological polar surface area (TPSA) is 92.3 Å². The predicted octanol–water partition coefficient (Wildman–Crippen LogP) is 3.98. The summed E-state index contributed by atoms with van der Waals surface area (Å²) in [5.41, 5.74) is 0. The molecule has 0 saturated heterocycles. The van der Waals surface area contributed by atoms with Crippen molar-refractivity contribution in [3.05, 3.63) is 0 Å². The highest BCUT2D eigenvalue weighted by Gasteiger charge is 2.13. The Bertz CT molecular complexity index is 461. The molecule has 0 N–H and O–H groups in total. The maximum atomic E-state index is 5.71. The molecular weight excluding hydrogens is 639 g/mol. The van der Waals surface area contributed by atoms with Gasteiger partial charge in [0, 0.05) is 6.61 Å². The van der Waals surface area contributed by atoms with Gasteiger partial charge in [-0.25, -0.2) is 0 Å². The van der Waals surface area contributed by atoms with Crippen molar-refractivity contribution in [2.45, 2.75) is 45.3 Å². The quantitative estimate of drug-likeness (QED) is 0.0426. The first-order valence-electron chi connectivity index (χ1n) is 14.5. The van der Waals surface area contributed by atoms with E-state index in [1.165, 1.54) is 23.7 Å². The van der Waals surface area contributed by atoms with E-state index in [2.05, 4.69) is 42.2 Å². The van der Waals surface area contributed by atoms with Crippen molar-refractivity contribution in [3.63, 3.8) is 0 Å². The third kappa shape index (κ3) is 38.5. The van der Waals surface area contributed by atoms with E-state index < -0.39 is 8.32 Å². The van der Waals surface area contributed by atoms with E-state index in [-0.39, 0.29) is 0 Å². The summed E-state index contributed by atoms with van der Waals surface area (Å²) in [7, 11) is -1.44. The maximum absolute atomic E-state index is 5.71. The number of unbranched alkanes of at least 4 members (excludes halogenated alkanes) is 3. The largest absolute Gasteiger partial charge is 0.415 e.